The van der Waals surface area contributed by atoms with Gasteiger partial charge in [0.1, 0.15) is 11.0 Å². The molecule has 0 fully saturated rings. The number of halogens is 4. The van der Waals surface area contributed by atoms with E-state index in [4.69, 9.17) is 0 Å². The summed E-state index contributed by atoms with van der Waals surface area (Å²) in [5.74, 6) is -7.85. The van der Waals surface area contributed by atoms with Crippen molar-refractivity contribution in [3.8, 4) is 22.3 Å². The summed E-state index contributed by atoms with van der Waals surface area (Å²) in [6.07, 6.45) is 0. The third-order valence-corrected chi connectivity index (χ3v) is 5.20. The summed E-state index contributed by atoms with van der Waals surface area (Å²) in [6.45, 7) is 0.455. The summed E-state index contributed by atoms with van der Waals surface area (Å²) in [6, 6.07) is 8.14. The van der Waals surface area contributed by atoms with Crippen LogP contribution in [0, 0.1) is 23.3 Å². The van der Waals surface area contributed by atoms with Crippen LogP contribution in [0.15, 0.2) is 36.4 Å². The van der Waals surface area contributed by atoms with E-state index in [2.05, 4.69) is 10.3 Å². The highest BCUT2D eigenvalue weighted by atomic mass is 19.2. The quantitative estimate of drug-likeness (QED) is 0.349. The van der Waals surface area contributed by atoms with Gasteiger partial charge >= 0.3 is 5.97 Å². The Hall–Kier alpha value is -3.79. The molecule has 1 heterocycles. The molecule has 0 spiro atoms. The molecule has 0 aliphatic heterocycles. The molecule has 0 saturated heterocycles. The molecule has 170 valence electrons. The van der Waals surface area contributed by atoms with E-state index in [0.717, 1.165) is 12.1 Å². The Bertz CT molecular complexity index is 1390. The Morgan fingerprint density at radius 3 is 2.15 bits per heavy atom. The highest BCUT2D eigenvalue weighted by molar-refractivity contribution is 6.03. The van der Waals surface area contributed by atoms with Crippen molar-refractivity contribution in [3.05, 3.63) is 70.8 Å². The number of aryl methyl sites for hydroxylation is 1. The molecular weight excluding hydrogens is 440 g/mol. The molecule has 1 aromatic heterocycles. The molecule has 0 saturated carbocycles. The maximum absolute atomic E-state index is 15.1. The van der Waals surface area contributed by atoms with Gasteiger partial charge in [-0.15, -0.1) is 5.10 Å². The summed E-state index contributed by atoms with van der Waals surface area (Å²) in [5, 5.41) is 17.0. The summed E-state index contributed by atoms with van der Waals surface area (Å²) in [5.41, 5.74) is -1.82. The van der Waals surface area contributed by atoms with Crippen molar-refractivity contribution in [3.63, 3.8) is 0 Å². The zero-order valence-electron chi connectivity index (χ0n) is 17.8. The highest BCUT2D eigenvalue weighted by Crippen LogP contribution is 2.38. The van der Waals surface area contributed by atoms with Crippen LogP contribution >= 0.6 is 0 Å². The van der Waals surface area contributed by atoms with E-state index in [9.17, 15) is 9.90 Å². The third kappa shape index (κ3) is 3.82. The van der Waals surface area contributed by atoms with E-state index < -0.39 is 40.4 Å². The van der Waals surface area contributed by atoms with Crippen molar-refractivity contribution >= 4 is 17.0 Å². The molecule has 0 unspecified atom stereocenters. The number of hydrogen-bond donors (Lipinski definition) is 1. The summed E-state index contributed by atoms with van der Waals surface area (Å²) < 4.78 is 61.7. The SMILES string of the molecule is CN(C)Cc1cccc(-c2c(F)c(F)c(-c3cc(C(=O)O)c4c(c3)nnn4C)c(F)c2F)c1. The molecule has 0 radical (unpaired) electrons. The number of rotatable bonds is 5. The number of carboxylic acid groups (broad SMARTS) is 1. The van der Waals surface area contributed by atoms with Crippen molar-refractivity contribution < 1.29 is 27.5 Å². The van der Waals surface area contributed by atoms with E-state index in [1.54, 1.807) is 20.2 Å². The first-order chi connectivity index (χ1) is 15.6. The minimum atomic E-state index is -1.64. The molecule has 0 bridgehead atoms. The molecule has 0 aliphatic carbocycles. The van der Waals surface area contributed by atoms with Crippen molar-refractivity contribution in [1.29, 1.82) is 0 Å². The zero-order chi connectivity index (χ0) is 24.0. The maximum atomic E-state index is 15.1. The first kappa shape index (κ1) is 22.4. The third-order valence-electron chi connectivity index (χ3n) is 5.20. The van der Waals surface area contributed by atoms with Gasteiger partial charge in [-0.05, 0) is 49.0 Å². The number of aromatic carboxylic acids is 1. The molecular formula is C23H18F4N4O2. The number of fused-ring (bicyclic) bond motifs is 1. The van der Waals surface area contributed by atoms with Gasteiger partial charge in [-0.1, -0.05) is 23.4 Å². The first-order valence-electron chi connectivity index (χ1n) is 9.77. The van der Waals surface area contributed by atoms with Gasteiger partial charge in [0.2, 0.25) is 0 Å². The van der Waals surface area contributed by atoms with Gasteiger partial charge in [0.15, 0.2) is 23.3 Å². The fourth-order valence-corrected chi connectivity index (χ4v) is 3.83. The Balaban J connectivity index is 1.95. The minimum Gasteiger partial charge on any atom is -0.478 e. The van der Waals surface area contributed by atoms with Crippen LogP contribution < -0.4 is 0 Å². The van der Waals surface area contributed by atoms with E-state index in [1.165, 1.54) is 29.9 Å². The Labute approximate surface area is 185 Å². The smallest absolute Gasteiger partial charge is 0.337 e. The number of aromatic nitrogens is 3. The molecule has 1 N–H and O–H groups in total. The average Bonchev–Trinajstić information content (AvgIpc) is 3.12. The van der Waals surface area contributed by atoms with Crippen LogP contribution in [0.5, 0.6) is 0 Å². The van der Waals surface area contributed by atoms with Gasteiger partial charge in [0.05, 0.1) is 16.7 Å². The van der Waals surface area contributed by atoms with Gasteiger partial charge in [0, 0.05) is 13.6 Å². The van der Waals surface area contributed by atoms with Crippen molar-refractivity contribution in [1.82, 2.24) is 19.9 Å². The van der Waals surface area contributed by atoms with E-state index in [-0.39, 0.29) is 27.7 Å². The highest BCUT2D eigenvalue weighted by Gasteiger charge is 2.28. The number of carboxylic acids is 1. The molecule has 33 heavy (non-hydrogen) atoms. The van der Waals surface area contributed by atoms with Gasteiger partial charge in [-0.2, -0.15) is 0 Å². The Morgan fingerprint density at radius 1 is 0.970 bits per heavy atom. The van der Waals surface area contributed by atoms with Gasteiger partial charge < -0.3 is 10.0 Å². The molecule has 10 heteroatoms. The van der Waals surface area contributed by atoms with E-state index in [0.29, 0.717) is 12.1 Å². The molecule has 0 atom stereocenters. The second kappa shape index (κ2) is 8.28. The monoisotopic (exact) mass is 458 g/mol. The van der Waals surface area contributed by atoms with Crippen molar-refractivity contribution in [2.45, 2.75) is 6.54 Å². The van der Waals surface area contributed by atoms with Crippen LogP contribution in [0.3, 0.4) is 0 Å². The van der Waals surface area contributed by atoms with Crippen LogP contribution in [0.4, 0.5) is 17.6 Å². The van der Waals surface area contributed by atoms with Gasteiger partial charge in [-0.25, -0.2) is 27.0 Å². The van der Waals surface area contributed by atoms with E-state index >= 15 is 17.6 Å². The summed E-state index contributed by atoms with van der Waals surface area (Å²) >= 11 is 0. The lowest BCUT2D eigenvalue weighted by molar-refractivity contribution is 0.0698. The van der Waals surface area contributed by atoms with Gasteiger partial charge in [-0.3, -0.25) is 0 Å². The average molecular weight is 458 g/mol. The molecule has 4 rings (SSSR count). The van der Waals surface area contributed by atoms with Crippen molar-refractivity contribution in [2.24, 2.45) is 7.05 Å². The fraction of sp³-hybridized carbons (Fsp3) is 0.174. The lowest BCUT2D eigenvalue weighted by atomic mass is 9.95. The molecule has 0 aliphatic rings. The van der Waals surface area contributed by atoms with Crippen LogP contribution in [-0.4, -0.2) is 45.1 Å². The largest absolute Gasteiger partial charge is 0.478 e. The lowest BCUT2D eigenvalue weighted by Gasteiger charge is -2.15. The number of benzene rings is 3. The summed E-state index contributed by atoms with van der Waals surface area (Å²) in [7, 11) is 5.06. The minimum absolute atomic E-state index is 0.00693. The zero-order valence-corrected chi connectivity index (χ0v) is 17.8. The molecule has 6 nitrogen and oxygen atoms in total. The maximum Gasteiger partial charge on any atom is 0.337 e. The second-order valence-electron chi connectivity index (χ2n) is 7.85. The van der Waals surface area contributed by atoms with Crippen LogP contribution in [0.1, 0.15) is 15.9 Å². The summed E-state index contributed by atoms with van der Waals surface area (Å²) in [4.78, 5) is 13.5. The van der Waals surface area contributed by atoms with Crippen LogP contribution in [0.2, 0.25) is 0 Å². The molecule has 4 aromatic rings. The molecule has 3 aromatic carbocycles. The van der Waals surface area contributed by atoms with E-state index in [1.807, 2.05) is 4.90 Å². The number of carbonyl (C=O) groups is 1. The topological polar surface area (TPSA) is 71.2 Å². The van der Waals surface area contributed by atoms with Crippen LogP contribution in [-0.2, 0) is 13.6 Å². The van der Waals surface area contributed by atoms with Crippen LogP contribution in [0.25, 0.3) is 33.3 Å². The van der Waals surface area contributed by atoms with Crippen molar-refractivity contribution in [2.75, 3.05) is 14.1 Å². The first-order valence-corrected chi connectivity index (χ1v) is 9.77. The van der Waals surface area contributed by atoms with Gasteiger partial charge in [0.25, 0.3) is 0 Å². The fourth-order valence-electron chi connectivity index (χ4n) is 3.83. The number of hydrogen-bond acceptors (Lipinski definition) is 4. The molecule has 0 amide bonds. The predicted molar refractivity (Wildman–Crippen MR) is 114 cm³/mol. The normalized spacial score (nSPS) is 11.5. The Morgan fingerprint density at radius 2 is 1.58 bits per heavy atom. The number of nitrogens with zero attached hydrogens (tertiary/aromatic N) is 4. The predicted octanol–water partition coefficient (Wildman–Crippen LogP) is 4.62. The lowest BCUT2D eigenvalue weighted by Crippen LogP contribution is -2.10. The Kier molecular flexibility index (Phi) is 5.62. The standard InChI is InChI=1S/C23H18F4N4O2/c1-30(2)10-11-5-4-6-12(7-11)16-18(24)20(26)17(21(27)19(16)25)13-8-14(23(32)33)22-15(9-13)28-29-31(22)3/h4-9H,10H2,1-3H3,(H,32,33). The second-order valence-corrected chi connectivity index (χ2v) is 7.85.